The van der Waals surface area contributed by atoms with Crippen LogP contribution in [-0.4, -0.2) is 49.1 Å². The zero-order chi connectivity index (χ0) is 26.9. The zero-order valence-corrected chi connectivity index (χ0v) is 23.4. The molecule has 2 aliphatic heterocycles. The Balaban J connectivity index is 1.94. The van der Waals surface area contributed by atoms with Gasteiger partial charge in [-0.15, -0.1) is 0 Å². The quantitative estimate of drug-likeness (QED) is 0.266. The molecule has 0 unspecified atom stereocenters. The summed E-state index contributed by atoms with van der Waals surface area (Å²) in [5, 5.41) is 0. The van der Waals surface area contributed by atoms with Gasteiger partial charge in [0.05, 0.1) is 41.2 Å². The van der Waals surface area contributed by atoms with Crippen molar-refractivity contribution in [1.82, 2.24) is 0 Å². The summed E-state index contributed by atoms with van der Waals surface area (Å²) < 4.78 is 16.2. The second-order valence-electron chi connectivity index (χ2n) is 8.51. The van der Waals surface area contributed by atoms with Gasteiger partial charge in [-0.05, 0) is 51.1 Å². The first-order valence-corrected chi connectivity index (χ1v) is 13.4. The molecule has 0 spiro atoms. The lowest BCUT2D eigenvalue weighted by Crippen LogP contribution is -2.56. The largest absolute Gasteiger partial charge is 0.494 e. The van der Waals surface area contributed by atoms with Crippen molar-refractivity contribution in [1.29, 1.82) is 0 Å². The molecule has 0 radical (unpaired) electrons. The lowest BCUT2D eigenvalue weighted by Gasteiger charge is -2.45. The number of methoxy groups -OCH3 is 2. The van der Waals surface area contributed by atoms with E-state index in [4.69, 9.17) is 26.4 Å². The van der Waals surface area contributed by atoms with Crippen molar-refractivity contribution >= 4 is 69.7 Å². The number of rotatable bonds is 5. The molecule has 0 saturated heterocycles. The summed E-state index contributed by atoms with van der Waals surface area (Å²) in [4.78, 5) is 41.3. The maximum atomic E-state index is 13.8. The van der Waals surface area contributed by atoms with Gasteiger partial charge in [0, 0.05) is 16.7 Å². The fraction of sp³-hybridized carbons (Fsp3) is 0.259. The van der Waals surface area contributed by atoms with Crippen LogP contribution in [-0.2, 0) is 19.1 Å². The summed E-state index contributed by atoms with van der Waals surface area (Å²) in [7, 11) is 2.51. The summed E-state index contributed by atoms with van der Waals surface area (Å²) in [5.74, 6) is -0.869. The number of amides is 1. The van der Waals surface area contributed by atoms with Gasteiger partial charge in [-0.2, -0.15) is 0 Å². The van der Waals surface area contributed by atoms with Crippen LogP contribution in [0.1, 0.15) is 36.7 Å². The van der Waals surface area contributed by atoms with Gasteiger partial charge in [0.25, 0.3) is 5.91 Å². The molecular formula is C27H25NO6S3. The fourth-order valence-electron chi connectivity index (χ4n) is 4.13. The minimum Gasteiger partial charge on any atom is -0.494 e. The van der Waals surface area contributed by atoms with Crippen LogP contribution in [0, 0.1) is 0 Å². The number of thiocarbonyl (C=S) groups is 1. The topological polar surface area (TPSA) is 82.1 Å². The minimum atomic E-state index is -0.911. The van der Waals surface area contributed by atoms with Crippen LogP contribution >= 0.6 is 35.7 Å². The van der Waals surface area contributed by atoms with E-state index in [2.05, 4.69) is 0 Å². The summed E-state index contributed by atoms with van der Waals surface area (Å²) >= 11 is 8.25. The third-order valence-corrected chi connectivity index (χ3v) is 9.16. The Morgan fingerprint density at radius 1 is 0.946 bits per heavy atom. The first kappa shape index (κ1) is 27.0. The Morgan fingerprint density at radius 2 is 1.54 bits per heavy atom. The number of fused-ring (bicyclic) bond motifs is 1. The van der Waals surface area contributed by atoms with Gasteiger partial charge in [-0.3, -0.25) is 9.69 Å². The molecule has 1 amide bonds. The van der Waals surface area contributed by atoms with Gasteiger partial charge in [0.1, 0.15) is 15.6 Å². The van der Waals surface area contributed by atoms with Crippen LogP contribution in [0.5, 0.6) is 5.75 Å². The molecule has 2 aliphatic rings. The zero-order valence-electron chi connectivity index (χ0n) is 20.9. The molecule has 0 aromatic heterocycles. The van der Waals surface area contributed by atoms with Crippen molar-refractivity contribution in [2.75, 3.05) is 25.7 Å². The maximum Gasteiger partial charge on any atom is 0.346 e. The van der Waals surface area contributed by atoms with Crippen LogP contribution < -0.4 is 9.64 Å². The van der Waals surface area contributed by atoms with Gasteiger partial charge in [0.15, 0.2) is 0 Å². The van der Waals surface area contributed by atoms with E-state index in [9.17, 15) is 14.4 Å². The van der Waals surface area contributed by atoms with Crippen molar-refractivity contribution < 1.29 is 28.6 Å². The average molecular weight is 556 g/mol. The highest BCUT2D eigenvalue weighted by atomic mass is 32.2. The predicted molar refractivity (Wildman–Crippen MR) is 151 cm³/mol. The highest BCUT2D eigenvalue weighted by Crippen LogP contribution is 2.56. The van der Waals surface area contributed by atoms with Crippen LogP contribution in [0.2, 0.25) is 0 Å². The first-order chi connectivity index (χ1) is 17.6. The number of hydrogen-bond acceptors (Lipinski definition) is 9. The van der Waals surface area contributed by atoms with Crippen molar-refractivity contribution in [3.63, 3.8) is 0 Å². The molecule has 192 valence electrons. The summed E-state index contributed by atoms with van der Waals surface area (Å²) in [6.07, 6.45) is 0. The smallest absolute Gasteiger partial charge is 0.346 e. The highest BCUT2D eigenvalue weighted by Gasteiger charge is 2.46. The predicted octanol–water partition coefficient (Wildman–Crippen LogP) is 5.60. The molecule has 0 bridgehead atoms. The molecule has 2 aromatic rings. The average Bonchev–Trinajstić information content (AvgIpc) is 3.34. The SMILES string of the molecule is CCOc1ccc2c(c1)C(=C1SC(C(=O)OC)=C(C(=O)OC)S1)C(=S)C(C)(C)N2C(=O)c1ccccc1. The van der Waals surface area contributed by atoms with Gasteiger partial charge in [-0.1, -0.05) is 53.9 Å². The number of thioether (sulfide) groups is 2. The van der Waals surface area contributed by atoms with Crippen molar-refractivity contribution in [2.24, 2.45) is 0 Å². The number of ether oxygens (including phenoxy) is 3. The number of carbonyl (C=O) groups excluding carboxylic acids is 3. The van der Waals surface area contributed by atoms with E-state index in [0.29, 0.717) is 43.8 Å². The van der Waals surface area contributed by atoms with E-state index in [1.807, 2.05) is 57.2 Å². The lowest BCUT2D eigenvalue weighted by atomic mass is 9.82. The molecule has 10 heteroatoms. The van der Waals surface area contributed by atoms with Crippen molar-refractivity contribution in [3.05, 3.63) is 73.7 Å². The Morgan fingerprint density at radius 3 is 2.08 bits per heavy atom. The van der Waals surface area contributed by atoms with Gasteiger partial charge in [-0.25, -0.2) is 9.59 Å². The van der Waals surface area contributed by atoms with Gasteiger partial charge >= 0.3 is 11.9 Å². The van der Waals surface area contributed by atoms with Crippen molar-refractivity contribution in [2.45, 2.75) is 26.3 Å². The molecule has 2 aromatic carbocycles. The standard InChI is InChI=1S/C27H25NO6S3/c1-6-34-16-12-13-18-17(14-16)19(26-36-20(24(30)32-4)21(37-26)25(31)33-5)22(35)27(2,3)28(18)23(29)15-10-8-7-9-11-15/h7-14H,6H2,1-5H3. The van der Waals surface area contributed by atoms with Crippen LogP contribution in [0.25, 0.3) is 5.57 Å². The van der Waals surface area contributed by atoms with E-state index in [-0.39, 0.29) is 15.7 Å². The molecule has 0 N–H and O–H groups in total. The highest BCUT2D eigenvalue weighted by molar-refractivity contribution is 8.29. The molecule has 2 heterocycles. The van der Waals surface area contributed by atoms with Crippen molar-refractivity contribution in [3.8, 4) is 5.75 Å². The van der Waals surface area contributed by atoms with Crippen LogP contribution in [0.3, 0.4) is 0 Å². The number of anilines is 1. The normalized spacial score (nSPS) is 16.5. The molecule has 0 aliphatic carbocycles. The monoisotopic (exact) mass is 555 g/mol. The minimum absolute atomic E-state index is 0.132. The third-order valence-electron chi connectivity index (χ3n) is 5.90. The third kappa shape index (κ3) is 4.81. The maximum absolute atomic E-state index is 13.8. The molecule has 4 rings (SSSR count). The van der Waals surface area contributed by atoms with E-state index >= 15 is 0 Å². The molecular weight excluding hydrogens is 530 g/mol. The number of benzene rings is 2. The number of carbonyl (C=O) groups is 3. The molecule has 37 heavy (non-hydrogen) atoms. The summed E-state index contributed by atoms with van der Waals surface area (Å²) in [6.45, 7) is 6.11. The van der Waals surface area contributed by atoms with E-state index in [1.165, 1.54) is 14.2 Å². The Kier molecular flexibility index (Phi) is 7.82. The first-order valence-electron chi connectivity index (χ1n) is 11.4. The molecule has 7 nitrogen and oxygen atoms in total. The lowest BCUT2D eigenvalue weighted by molar-refractivity contribution is -0.138. The Hall–Kier alpha value is -3.08. The summed E-state index contributed by atoms with van der Waals surface area (Å²) in [6, 6.07) is 14.5. The van der Waals surface area contributed by atoms with Crippen LogP contribution in [0.15, 0.2) is 62.6 Å². The second kappa shape index (κ2) is 10.7. The second-order valence-corrected chi connectivity index (χ2v) is 11.2. The number of hydrogen-bond donors (Lipinski definition) is 0. The van der Waals surface area contributed by atoms with E-state index in [1.54, 1.807) is 17.0 Å². The van der Waals surface area contributed by atoms with Gasteiger partial charge in [0.2, 0.25) is 0 Å². The Labute approximate surface area is 229 Å². The van der Waals surface area contributed by atoms with Gasteiger partial charge < -0.3 is 14.2 Å². The number of nitrogens with zero attached hydrogens (tertiary/aromatic N) is 1. The molecule has 0 saturated carbocycles. The number of esters is 2. The fourth-order valence-corrected chi connectivity index (χ4v) is 7.16. The Bertz CT molecular complexity index is 1330. The van der Waals surface area contributed by atoms with E-state index < -0.39 is 17.5 Å². The van der Waals surface area contributed by atoms with Crippen LogP contribution in [0.4, 0.5) is 5.69 Å². The molecule has 0 atom stereocenters. The van der Waals surface area contributed by atoms with E-state index in [0.717, 1.165) is 23.5 Å². The molecule has 0 fully saturated rings. The summed E-state index contributed by atoms with van der Waals surface area (Å²) in [5.41, 5.74) is 1.59.